The maximum Gasteiger partial charge on any atom is 0.231 e. The maximum absolute atomic E-state index is 5.52. The molecule has 0 spiro atoms. The lowest BCUT2D eigenvalue weighted by molar-refractivity contribution is -0.588. The summed E-state index contributed by atoms with van der Waals surface area (Å²) in [4.78, 5) is 33.0. The van der Waals surface area contributed by atoms with Crippen molar-refractivity contribution in [2.45, 2.75) is 118 Å². The van der Waals surface area contributed by atoms with E-state index in [1.54, 1.807) is 13.8 Å². The van der Waals surface area contributed by atoms with Gasteiger partial charge in [-0.15, -0.1) is 0 Å². The molecular weight excluding hydrogens is 312 g/mol. The molecule has 0 bridgehead atoms. The van der Waals surface area contributed by atoms with Crippen LogP contribution in [0.25, 0.3) is 0 Å². The predicted molar refractivity (Wildman–Crippen MR) is 92.6 cm³/mol. The van der Waals surface area contributed by atoms with E-state index in [1.807, 2.05) is 55.4 Å². The molecular formula is C18H38O6. The Morgan fingerprint density at radius 1 is 0.417 bits per heavy atom. The first kappa shape index (κ1) is 23.8. The third-order valence-electron chi connectivity index (χ3n) is 4.27. The molecule has 6 nitrogen and oxygen atoms in total. The van der Waals surface area contributed by atoms with E-state index in [0.717, 1.165) is 12.8 Å². The van der Waals surface area contributed by atoms with Gasteiger partial charge in [-0.3, -0.25) is 0 Å². The van der Waals surface area contributed by atoms with E-state index in [0.29, 0.717) is 12.8 Å². The molecule has 146 valence electrons. The molecule has 0 aliphatic rings. The van der Waals surface area contributed by atoms with Crippen molar-refractivity contribution < 1.29 is 29.3 Å². The zero-order valence-electron chi connectivity index (χ0n) is 17.3. The molecule has 0 heterocycles. The van der Waals surface area contributed by atoms with Gasteiger partial charge in [-0.05, 0) is 54.4 Å². The van der Waals surface area contributed by atoms with Gasteiger partial charge in [-0.2, -0.15) is 19.6 Å². The Labute approximate surface area is 147 Å². The van der Waals surface area contributed by atoms with E-state index < -0.39 is 22.8 Å². The average Bonchev–Trinajstić information content (AvgIpc) is 2.56. The Kier molecular flexibility index (Phi) is 9.36. The van der Waals surface area contributed by atoms with Crippen molar-refractivity contribution in [2.75, 3.05) is 0 Å². The Morgan fingerprint density at radius 2 is 0.667 bits per heavy atom. The molecule has 2 atom stereocenters. The van der Waals surface area contributed by atoms with Gasteiger partial charge in [-0.25, -0.2) is 9.78 Å². The van der Waals surface area contributed by atoms with Crippen LogP contribution in [0.15, 0.2) is 0 Å². The molecule has 2 unspecified atom stereocenters. The van der Waals surface area contributed by atoms with Gasteiger partial charge >= 0.3 is 0 Å². The summed E-state index contributed by atoms with van der Waals surface area (Å²) < 4.78 is 0. The van der Waals surface area contributed by atoms with Crippen molar-refractivity contribution in [1.29, 1.82) is 0 Å². The Balaban J connectivity index is 4.69. The van der Waals surface area contributed by atoms with E-state index in [9.17, 15) is 0 Å². The Bertz CT molecular complexity index is 323. The van der Waals surface area contributed by atoms with E-state index >= 15 is 0 Å². The zero-order chi connectivity index (χ0) is 19.1. The standard InChI is InChI=1S/C18H38O6/c1-11-15(5,6)19-21-17(9,13-3)23-24-18(10,14-4)22-20-16(7,8)12-2/h11-14H2,1-10H3. The van der Waals surface area contributed by atoms with Crippen molar-refractivity contribution in [3.05, 3.63) is 0 Å². The molecule has 0 radical (unpaired) electrons. The zero-order valence-corrected chi connectivity index (χ0v) is 17.3. The summed E-state index contributed by atoms with van der Waals surface area (Å²) in [6.45, 7) is 19.2. The fourth-order valence-corrected chi connectivity index (χ4v) is 0.959. The molecule has 0 saturated carbocycles. The molecule has 0 aromatic rings. The van der Waals surface area contributed by atoms with Crippen LogP contribution in [0.1, 0.15) is 94.9 Å². The van der Waals surface area contributed by atoms with Crippen molar-refractivity contribution in [3.63, 3.8) is 0 Å². The third-order valence-corrected chi connectivity index (χ3v) is 4.27. The van der Waals surface area contributed by atoms with Crippen molar-refractivity contribution in [3.8, 4) is 0 Å². The molecule has 0 aromatic heterocycles. The second kappa shape index (κ2) is 9.46. The van der Waals surface area contributed by atoms with Crippen LogP contribution in [0.4, 0.5) is 0 Å². The summed E-state index contributed by atoms with van der Waals surface area (Å²) in [6.07, 6.45) is 2.69. The quantitative estimate of drug-likeness (QED) is 0.250. The molecule has 0 aromatic carbocycles. The molecule has 0 fully saturated rings. The maximum atomic E-state index is 5.52. The summed E-state index contributed by atoms with van der Waals surface area (Å²) in [6, 6.07) is 0. The summed E-state index contributed by atoms with van der Waals surface area (Å²) in [7, 11) is 0. The fourth-order valence-electron chi connectivity index (χ4n) is 0.959. The highest BCUT2D eigenvalue weighted by atomic mass is 17.4. The molecule has 6 heteroatoms. The van der Waals surface area contributed by atoms with Crippen LogP contribution < -0.4 is 0 Å². The van der Waals surface area contributed by atoms with E-state index in [-0.39, 0.29) is 0 Å². The van der Waals surface area contributed by atoms with Crippen molar-refractivity contribution >= 4 is 0 Å². The molecule has 0 rings (SSSR count). The highest BCUT2D eigenvalue weighted by Crippen LogP contribution is 2.28. The smallest absolute Gasteiger partial charge is 0.228 e. The van der Waals surface area contributed by atoms with Crippen LogP contribution in [0, 0.1) is 0 Å². The van der Waals surface area contributed by atoms with Gasteiger partial charge in [0.2, 0.25) is 11.6 Å². The van der Waals surface area contributed by atoms with Crippen LogP contribution in [0.5, 0.6) is 0 Å². The number of hydrogen-bond donors (Lipinski definition) is 0. The third kappa shape index (κ3) is 8.74. The summed E-state index contributed by atoms with van der Waals surface area (Å²) >= 11 is 0. The van der Waals surface area contributed by atoms with Gasteiger partial charge in [-0.1, -0.05) is 27.7 Å². The van der Waals surface area contributed by atoms with Crippen molar-refractivity contribution in [1.82, 2.24) is 0 Å². The molecule has 0 N–H and O–H groups in total. The lowest BCUT2D eigenvalue weighted by atomic mass is 10.1. The van der Waals surface area contributed by atoms with Gasteiger partial charge in [0.25, 0.3) is 0 Å². The lowest BCUT2D eigenvalue weighted by Crippen LogP contribution is -2.42. The summed E-state index contributed by atoms with van der Waals surface area (Å²) in [5, 5.41) is 0. The second-order valence-corrected chi connectivity index (χ2v) is 7.70. The number of rotatable bonds is 13. The van der Waals surface area contributed by atoms with Gasteiger partial charge in [0.15, 0.2) is 0 Å². The molecule has 0 aliphatic heterocycles. The minimum absolute atomic E-state index is 0.404. The van der Waals surface area contributed by atoms with E-state index in [4.69, 9.17) is 29.3 Å². The first-order chi connectivity index (χ1) is 10.9. The molecule has 0 aliphatic carbocycles. The Hall–Kier alpha value is -0.240. The SMILES string of the molecule is CCC(C)(C)OOC(C)(CC)OOC(C)(CC)OOC(C)(C)CC. The average molecular weight is 350 g/mol. The molecule has 24 heavy (non-hydrogen) atoms. The first-order valence-electron chi connectivity index (χ1n) is 8.97. The van der Waals surface area contributed by atoms with Gasteiger partial charge in [0, 0.05) is 12.8 Å². The lowest BCUT2D eigenvalue weighted by Gasteiger charge is -2.35. The van der Waals surface area contributed by atoms with E-state index in [1.165, 1.54) is 0 Å². The predicted octanol–water partition coefficient (Wildman–Crippen LogP) is 5.46. The van der Waals surface area contributed by atoms with Crippen LogP contribution in [-0.2, 0) is 29.3 Å². The minimum atomic E-state index is -1.05. The topological polar surface area (TPSA) is 55.4 Å². The molecule has 0 saturated heterocycles. The Morgan fingerprint density at radius 3 is 0.875 bits per heavy atom. The second-order valence-electron chi connectivity index (χ2n) is 7.70. The molecule has 0 amide bonds. The van der Waals surface area contributed by atoms with Crippen molar-refractivity contribution in [2.24, 2.45) is 0 Å². The van der Waals surface area contributed by atoms with Crippen LogP contribution >= 0.6 is 0 Å². The summed E-state index contributed by atoms with van der Waals surface area (Å²) in [5.41, 5.74) is -0.808. The fraction of sp³-hybridized carbons (Fsp3) is 1.00. The first-order valence-corrected chi connectivity index (χ1v) is 8.97. The van der Waals surface area contributed by atoms with Gasteiger partial charge in [0.05, 0.1) is 11.2 Å². The monoisotopic (exact) mass is 350 g/mol. The highest BCUT2D eigenvalue weighted by Gasteiger charge is 2.37. The van der Waals surface area contributed by atoms with Gasteiger partial charge < -0.3 is 0 Å². The number of hydrogen-bond acceptors (Lipinski definition) is 6. The van der Waals surface area contributed by atoms with E-state index in [2.05, 4.69) is 0 Å². The summed E-state index contributed by atoms with van der Waals surface area (Å²) in [5.74, 6) is -2.10. The normalized spacial score (nSPS) is 18.2. The van der Waals surface area contributed by atoms with Crippen LogP contribution in [0.2, 0.25) is 0 Å². The highest BCUT2D eigenvalue weighted by molar-refractivity contribution is 4.65. The van der Waals surface area contributed by atoms with Crippen LogP contribution in [-0.4, -0.2) is 22.8 Å². The minimum Gasteiger partial charge on any atom is -0.228 e. The van der Waals surface area contributed by atoms with Crippen LogP contribution in [0.3, 0.4) is 0 Å². The largest absolute Gasteiger partial charge is 0.231 e. The van der Waals surface area contributed by atoms with Gasteiger partial charge in [0.1, 0.15) is 0 Å².